The topological polar surface area (TPSA) is 88.6 Å². The Kier molecular flexibility index (Phi) is 6.96. The van der Waals surface area contributed by atoms with E-state index >= 15 is 0 Å². The molecule has 2 amide bonds. The van der Waals surface area contributed by atoms with Crippen molar-refractivity contribution in [3.63, 3.8) is 0 Å². The Bertz CT molecular complexity index is 1100. The number of anilines is 1. The van der Waals surface area contributed by atoms with Gasteiger partial charge in [0.2, 0.25) is 5.91 Å². The van der Waals surface area contributed by atoms with Crippen molar-refractivity contribution in [1.29, 1.82) is 0 Å². The zero-order chi connectivity index (χ0) is 22.5. The summed E-state index contributed by atoms with van der Waals surface area (Å²) in [5.41, 5.74) is 1.26. The molecular weight excluding hydrogens is 446 g/mol. The summed E-state index contributed by atoms with van der Waals surface area (Å²) in [5, 5.41) is 5.08. The molecule has 0 unspecified atom stereocenters. The second-order valence-corrected chi connectivity index (χ2v) is 9.29. The highest BCUT2D eigenvalue weighted by Gasteiger charge is 2.30. The van der Waals surface area contributed by atoms with Gasteiger partial charge in [0.15, 0.2) is 5.13 Å². The maximum absolute atomic E-state index is 13.0. The van der Waals surface area contributed by atoms with E-state index in [4.69, 9.17) is 4.74 Å². The molecule has 0 spiro atoms. The van der Waals surface area contributed by atoms with Crippen molar-refractivity contribution in [2.24, 2.45) is 5.92 Å². The Morgan fingerprint density at radius 3 is 2.72 bits per heavy atom. The fourth-order valence-electron chi connectivity index (χ4n) is 3.64. The Morgan fingerprint density at radius 1 is 1.19 bits per heavy atom. The largest absolute Gasteiger partial charge is 0.462 e. The monoisotopic (exact) mass is 469 g/mol. The number of carbonyl (C=O) groups excluding carboxylic acids is 3. The van der Waals surface area contributed by atoms with Gasteiger partial charge in [0.05, 0.1) is 23.1 Å². The minimum atomic E-state index is -0.463. The molecule has 1 N–H and O–H groups in total. The van der Waals surface area contributed by atoms with Crippen LogP contribution in [0.1, 0.15) is 39.1 Å². The number of amides is 2. The lowest BCUT2D eigenvalue weighted by molar-refractivity contribution is -0.121. The first kappa shape index (κ1) is 22.2. The predicted octanol–water partition coefficient (Wildman–Crippen LogP) is 4.54. The number of thiazole rings is 1. The molecule has 0 saturated carbocycles. The van der Waals surface area contributed by atoms with Crippen LogP contribution in [0, 0.1) is 5.92 Å². The molecule has 3 heterocycles. The van der Waals surface area contributed by atoms with Crippen LogP contribution in [0.3, 0.4) is 0 Å². The van der Waals surface area contributed by atoms with Crippen LogP contribution in [0.2, 0.25) is 0 Å². The van der Waals surface area contributed by atoms with Crippen LogP contribution in [0.4, 0.5) is 5.13 Å². The molecule has 1 fully saturated rings. The third-order valence-electron chi connectivity index (χ3n) is 5.18. The number of rotatable bonds is 6. The number of nitrogens with one attached hydrogen (secondary N) is 1. The van der Waals surface area contributed by atoms with Gasteiger partial charge in [-0.2, -0.15) is 0 Å². The van der Waals surface area contributed by atoms with Gasteiger partial charge in [0.25, 0.3) is 5.91 Å². The van der Waals surface area contributed by atoms with Crippen molar-refractivity contribution in [3.05, 3.63) is 57.6 Å². The van der Waals surface area contributed by atoms with Crippen LogP contribution >= 0.6 is 22.7 Å². The van der Waals surface area contributed by atoms with Crippen molar-refractivity contribution in [2.75, 3.05) is 25.0 Å². The number of aromatic nitrogens is 1. The van der Waals surface area contributed by atoms with Crippen LogP contribution in [0.5, 0.6) is 0 Å². The Morgan fingerprint density at radius 2 is 2.00 bits per heavy atom. The van der Waals surface area contributed by atoms with Gasteiger partial charge in [0, 0.05) is 18.7 Å². The number of hydrogen-bond acceptors (Lipinski definition) is 7. The van der Waals surface area contributed by atoms with Gasteiger partial charge in [-0.25, -0.2) is 9.78 Å². The minimum Gasteiger partial charge on any atom is -0.462 e. The van der Waals surface area contributed by atoms with E-state index in [1.54, 1.807) is 17.9 Å². The van der Waals surface area contributed by atoms with Crippen LogP contribution in [0.15, 0.2) is 47.8 Å². The lowest BCUT2D eigenvalue weighted by Crippen LogP contribution is -2.43. The minimum absolute atomic E-state index is 0.0392. The van der Waals surface area contributed by atoms with E-state index < -0.39 is 5.97 Å². The van der Waals surface area contributed by atoms with Gasteiger partial charge in [0.1, 0.15) is 4.88 Å². The van der Waals surface area contributed by atoms with Gasteiger partial charge in [-0.15, -0.1) is 11.3 Å². The van der Waals surface area contributed by atoms with E-state index in [9.17, 15) is 14.4 Å². The van der Waals surface area contributed by atoms with E-state index in [1.807, 2.05) is 41.8 Å². The summed E-state index contributed by atoms with van der Waals surface area (Å²) < 4.78 is 5.18. The first-order chi connectivity index (χ1) is 15.6. The second-order valence-electron chi connectivity index (χ2n) is 7.34. The quantitative estimate of drug-likeness (QED) is 0.536. The third-order valence-corrected chi connectivity index (χ3v) is 6.99. The number of esters is 1. The standard InChI is InChI=1S/C23H23N3O4S2/c1-2-30-22(29)19-18(15-8-4-3-5-9-15)24-23(32-19)25-20(27)16-10-6-12-26(14-16)21(28)17-11-7-13-31-17/h3-5,7-9,11,13,16H,2,6,10,12,14H2,1H3,(H,24,25,27)/t16-/m1/s1. The number of thiophene rings is 1. The fraction of sp³-hybridized carbons (Fsp3) is 0.304. The molecule has 1 aromatic carbocycles. The number of hydrogen-bond donors (Lipinski definition) is 1. The molecule has 166 valence electrons. The van der Waals surface area contributed by atoms with Crippen molar-refractivity contribution in [3.8, 4) is 11.3 Å². The number of carbonyl (C=O) groups is 3. The molecule has 7 nitrogen and oxygen atoms in total. The van der Waals surface area contributed by atoms with Crippen LogP contribution in [0.25, 0.3) is 11.3 Å². The number of benzene rings is 1. The zero-order valence-electron chi connectivity index (χ0n) is 17.6. The Hall–Kier alpha value is -3.04. The molecule has 9 heteroatoms. The number of ether oxygens (including phenoxy) is 1. The van der Waals surface area contributed by atoms with Crippen molar-refractivity contribution in [1.82, 2.24) is 9.88 Å². The van der Waals surface area contributed by atoms with Crippen LogP contribution < -0.4 is 5.32 Å². The summed E-state index contributed by atoms with van der Waals surface area (Å²) in [6.45, 7) is 3.01. The van der Waals surface area contributed by atoms with E-state index in [-0.39, 0.29) is 24.3 Å². The van der Waals surface area contributed by atoms with E-state index in [0.717, 1.165) is 23.3 Å². The summed E-state index contributed by atoms with van der Waals surface area (Å²) in [6, 6.07) is 13.0. The van der Waals surface area contributed by atoms with E-state index in [1.165, 1.54) is 11.3 Å². The van der Waals surface area contributed by atoms with Gasteiger partial charge in [-0.05, 0) is 31.2 Å². The third kappa shape index (κ3) is 4.89. The highest BCUT2D eigenvalue weighted by atomic mass is 32.1. The molecule has 0 radical (unpaired) electrons. The van der Waals surface area contributed by atoms with E-state index in [2.05, 4.69) is 10.3 Å². The molecule has 32 heavy (non-hydrogen) atoms. The first-order valence-electron chi connectivity index (χ1n) is 10.4. The summed E-state index contributed by atoms with van der Waals surface area (Å²) in [7, 11) is 0. The maximum Gasteiger partial charge on any atom is 0.350 e. The summed E-state index contributed by atoms with van der Waals surface area (Å²) >= 11 is 2.51. The van der Waals surface area contributed by atoms with E-state index in [0.29, 0.717) is 40.1 Å². The van der Waals surface area contributed by atoms with Crippen LogP contribution in [-0.2, 0) is 9.53 Å². The van der Waals surface area contributed by atoms with Gasteiger partial charge in [-0.3, -0.25) is 9.59 Å². The highest BCUT2D eigenvalue weighted by molar-refractivity contribution is 7.18. The fourth-order valence-corrected chi connectivity index (χ4v) is 5.21. The highest BCUT2D eigenvalue weighted by Crippen LogP contribution is 2.32. The molecule has 0 bridgehead atoms. The molecular formula is C23H23N3O4S2. The molecule has 3 aromatic rings. The molecule has 1 aliphatic heterocycles. The van der Waals surface area contributed by atoms with Gasteiger partial charge < -0.3 is 15.0 Å². The van der Waals surface area contributed by atoms with Crippen molar-refractivity contribution in [2.45, 2.75) is 19.8 Å². The summed E-state index contributed by atoms with van der Waals surface area (Å²) in [5.74, 6) is -1.03. The molecule has 2 aromatic heterocycles. The smallest absolute Gasteiger partial charge is 0.350 e. The Labute approximate surface area is 194 Å². The summed E-state index contributed by atoms with van der Waals surface area (Å²) in [4.78, 5) is 45.4. The van der Waals surface area contributed by atoms with Crippen molar-refractivity contribution >= 4 is 45.6 Å². The average molecular weight is 470 g/mol. The normalized spacial score (nSPS) is 15.9. The maximum atomic E-state index is 13.0. The van der Waals surface area contributed by atoms with Gasteiger partial charge in [-0.1, -0.05) is 47.7 Å². The molecule has 1 saturated heterocycles. The second kappa shape index (κ2) is 10.1. The predicted molar refractivity (Wildman–Crippen MR) is 125 cm³/mol. The molecule has 4 rings (SSSR count). The lowest BCUT2D eigenvalue weighted by Gasteiger charge is -2.31. The molecule has 1 atom stereocenters. The lowest BCUT2D eigenvalue weighted by atomic mass is 9.97. The summed E-state index contributed by atoms with van der Waals surface area (Å²) in [6.07, 6.45) is 1.46. The van der Waals surface area contributed by atoms with Crippen molar-refractivity contribution < 1.29 is 19.1 Å². The number of likely N-dealkylation sites (tertiary alicyclic amines) is 1. The van der Waals surface area contributed by atoms with Crippen LogP contribution in [-0.4, -0.2) is 47.4 Å². The first-order valence-corrected chi connectivity index (χ1v) is 12.1. The number of piperidine rings is 1. The average Bonchev–Trinajstić information content (AvgIpc) is 3.50. The molecule has 1 aliphatic rings. The SMILES string of the molecule is CCOC(=O)c1sc(NC(=O)[C@@H]2CCCN(C(=O)c3cccs3)C2)nc1-c1ccccc1. The Balaban J connectivity index is 1.50. The van der Waals surface area contributed by atoms with Gasteiger partial charge >= 0.3 is 5.97 Å². The molecule has 0 aliphatic carbocycles. The number of nitrogens with zero attached hydrogens (tertiary/aromatic N) is 2. The zero-order valence-corrected chi connectivity index (χ0v) is 19.2.